The highest BCUT2D eigenvalue weighted by Crippen LogP contribution is 2.31. The smallest absolute Gasteiger partial charge is 0.0779 e. The molecule has 1 aromatic carbocycles. The molecule has 1 aliphatic carbocycles. The summed E-state index contributed by atoms with van der Waals surface area (Å²) in [5.41, 5.74) is 16.7. The van der Waals surface area contributed by atoms with Gasteiger partial charge in [0, 0.05) is 11.0 Å². The first-order valence-electron chi connectivity index (χ1n) is 4.70. The van der Waals surface area contributed by atoms with Gasteiger partial charge >= 0.3 is 0 Å². The quantitative estimate of drug-likeness (QED) is 0.410. The van der Waals surface area contributed by atoms with E-state index in [1.807, 2.05) is 18.2 Å². The second kappa shape index (κ2) is 3.70. The molecule has 0 heterocycles. The summed E-state index contributed by atoms with van der Waals surface area (Å²) in [5.74, 6) is 0. The molecule has 0 aromatic heterocycles. The molecule has 0 unspecified atom stereocenters. The molecule has 2 N–H and O–H groups in total. The topological polar surface area (TPSA) is 74.8 Å². The molecule has 0 spiro atoms. The van der Waals surface area contributed by atoms with Crippen molar-refractivity contribution in [3.05, 3.63) is 45.8 Å². The summed E-state index contributed by atoms with van der Waals surface area (Å²) in [4.78, 5) is 2.85. The summed E-state index contributed by atoms with van der Waals surface area (Å²) in [5, 5.41) is 3.76. The number of benzene rings is 1. The first-order valence-corrected chi connectivity index (χ1v) is 4.70. The summed E-state index contributed by atoms with van der Waals surface area (Å²) in [6, 6.07) is 7.79. The van der Waals surface area contributed by atoms with Crippen LogP contribution in [0.1, 0.15) is 23.6 Å². The van der Waals surface area contributed by atoms with Crippen molar-refractivity contribution in [2.75, 3.05) is 0 Å². The Kier molecular flexibility index (Phi) is 2.39. The maximum absolute atomic E-state index is 8.46. The van der Waals surface area contributed by atoms with E-state index in [1.165, 1.54) is 5.56 Å². The fraction of sp³-hybridized carbons (Fsp3) is 0.400. The number of aryl methyl sites for hydroxylation is 1. The lowest BCUT2D eigenvalue weighted by atomic mass is 9.85. The molecular weight excluding hydrogens is 176 g/mol. The van der Waals surface area contributed by atoms with Crippen molar-refractivity contribution in [1.29, 1.82) is 0 Å². The van der Waals surface area contributed by atoms with Crippen LogP contribution in [0.25, 0.3) is 10.4 Å². The van der Waals surface area contributed by atoms with Gasteiger partial charge in [-0.1, -0.05) is 29.4 Å². The van der Waals surface area contributed by atoms with E-state index >= 15 is 0 Å². The van der Waals surface area contributed by atoms with Crippen molar-refractivity contribution in [3.63, 3.8) is 0 Å². The number of rotatable bonds is 1. The number of hydrogen-bond acceptors (Lipinski definition) is 2. The van der Waals surface area contributed by atoms with Crippen LogP contribution in [-0.4, -0.2) is 6.04 Å². The minimum Gasteiger partial charge on any atom is -0.327 e. The van der Waals surface area contributed by atoms with Gasteiger partial charge in [-0.15, -0.1) is 0 Å². The zero-order chi connectivity index (χ0) is 9.97. The van der Waals surface area contributed by atoms with Gasteiger partial charge in [0.25, 0.3) is 0 Å². The number of fused-ring (bicyclic) bond motifs is 1. The van der Waals surface area contributed by atoms with Gasteiger partial charge in [0.05, 0.1) is 6.04 Å². The van der Waals surface area contributed by atoms with Crippen LogP contribution in [0.3, 0.4) is 0 Å². The Morgan fingerprint density at radius 2 is 2.21 bits per heavy atom. The second-order valence-corrected chi connectivity index (χ2v) is 3.55. The molecule has 4 nitrogen and oxygen atoms in total. The average Bonchev–Trinajstić information content (AvgIpc) is 2.23. The number of azide groups is 1. The molecule has 0 amide bonds. The van der Waals surface area contributed by atoms with Crippen LogP contribution in [0.2, 0.25) is 0 Å². The predicted octanol–water partition coefficient (Wildman–Crippen LogP) is 2.31. The van der Waals surface area contributed by atoms with Crippen LogP contribution in [0.4, 0.5) is 0 Å². The van der Waals surface area contributed by atoms with E-state index in [1.54, 1.807) is 0 Å². The summed E-state index contributed by atoms with van der Waals surface area (Å²) in [7, 11) is 0. The summed E-state index contributed by atoms with van der Waals surface area (Å²) in [6.07, 6.45) is 1.87. The molecule has 14 heavy (non-hydrogen) atoms. The standard InChI is InChI=1S/C10H12N4/c11-9-6-5-7-3-1-2-4-8(7)10(9)13-14-12/h1-4,9-10H,5-6,11H2/t9-,10-/m1/s1. The third-order valence-corrected chi connectivity index (χ3v) is 2.70. The van der Waals surface area contributed by atoms with Crippen LogP contribution in [-0.2, 0) is 6.42 Å². The largest absolute Gasteiger partial charge is 0.327 e. The molecule has 0 radical (unpaired) electrons. The normalized spacial score (nSPS) is 24.9. The Bertz CT molecular complexity index is 381. The molecule has 1 aliphatic rings. The minimum atomic E-state index is -0.190. The number of hydrogen-bond donors (Lipinski definition) is 1. The van der Waals surface area contributed by atoms with Gasteiger partial charge in [-0.2, -0.15) is 0 Å². The van der Waals surface area contributed by atoms with Gasteiger partial charge < -0.3 is 5.73 Å². The van der Waals surface area contributed by atoms with Crippen molar-refractivity contribution in [2.45, 2.75) is 24.9 Å². The lowest BCUT2D eigenvalue weighted by Crippen LogP contribution is -2.31. The van der Waals surface area contributed by atoms with Crippen molar-refractivity contribution in [2.24, 2.45) is 10.8 Å². The van der Waals surface area contributed by atoms with Crippen LogP contribution >= 0.6 is 0 Å². The van der Waals surface area contributed by atoms with Crippen LogP contribution in [0, 0.1) is 0 Å². The highest BCUT2D eigenvalue weighted by atomic mass is 15.2. The first-order chi connectivity index (χ1) is 6.83. The maximum atomic E-state index is 8.46. The zero-order valence-corrected chi connectivity index (χ0v) is 7.80. The predicted molar refractivity (Wildman–Crippen MR) is 54.6 cm³/mol. The van der Waals surface area contributed by atoms with Crippen LogP contribution in [0.15, 0.2) is 29.4 Å². The molecule has 72 valence electrons. The van der Waals surface area contributed by atoms with E-state index in [0.29, 0.717) is 0 Å². The average molecular weight is 188 g/mol. The Hall–Kier alpha value is -1.51. The van der Waals surface area contributed by atoms with Gasteiger partial charge in [0.2, 0.25) is 0 Å². The lowest BCUT2D eigenvalue weighted by molar-refractivity contribution is 0.480. The van der Waals surface area contributed by atoms with E-state index in [-0.39, 0.29) is 12.1 Å². The highest BCUT2D eigenvalue weighted by Gasteiger charge is 2.25. The van der Waals surface area contributed by atoms with Crippen molar-refractivity contribution >= 4 is 0 Å². The molecule has 0 fully saturated rings. The third-order valence-electron chi connectivity index (χ3n) is 2.70. The fourth-order valence-electron chi connectivity index (χ4n) is 1.96. The van der Waals surface area contributed by atoms with Crippen LogP contribution in [0.5, 0.6) is 0 Å². The van der Waals surface area contributed by atoms with Gasteiger partial charge in [-0.3, -0.25) is 0 Å². The summed E-state index contributed by atoms with van der Waals surface area (Å²) < 4.78 is 0. The van der Waals surface area contributed by atoms with E-state index in [2.05, 4.69) is 16.1 Å². The molecule has 0 saturated heterocycles. The van der Waals surface area contributed by atoms with E-state index in [4.69, 9.17) is 11.3 Å². The molecule has 2 atom stereocenters. The third kappa shape index (κ3) is 1.45. The van der Waals surface area contributed by atoms with Gasteiger partial charge in [0.15, 0.2) is 0 Å². The Morgan fingerprint density at radius 3 is 3.00 bits per heavy atom. The van der Waals surface area contributed by atoms with E-state index in [0.717, 1.165) is 18.4 Å². The lowest BCUT2D eigenvalue weighted by Gasteiger charge is -2.27. The highest BCUT2D eigenvalue weighted by molar-refractivity contribution is 5.33. The van der Waals surface area contributed by atoms with Crippen LogP contribution < -0.4 is 5.73 Å². The first kappa shape index (κ1) is 9.06. The minimum absolute atomic E-state index is 0.0409. The number of nitrogens with zero attached hydrogens (tertiary/aromatic N) is 3. The molecule has 0 aliphatic heterocycles. The van der Waals surface area contributed by atoms with Gasteiger partial charge in [0.1, 0.15) is 0 Å². The SMILES string of the molecule is [N-]=[N+]=N[C@@H]1c2ccccc2CC[C@H]1N. The monoisotopic (exact) mass is 188 g/mol. The Balaban J connectivity index is 2.45. The molecule has 2 rings (SSSR count). The summed E-state index contributed by atoms with van der Waals surface area (Å²) in [6.45, 7) is 0. The molecule has 0 bridgehead atoms. The number of nitrogens with two attached hydrogens (primary N) is 1. The second-order valence-electron chi connectivity index (χ2n) is 3.55. The van der Waals surface area contributed by atoms with E-state index < -0.39 is 0 Å². The molecular formula is C10H12N4. The summed E-state index contributed by atoms with van der Waals surface area (Å²) >= 11 is 0. The van der Waals surface area contributed by atoms with Gasteiger partial charge in [-0.25, -0.2) is 0 Å². The molecule has 4 heteroatoms. The van der Waals surface area contributed by atoms with E-state index in [9.17, 15) is 0 Å². The molecule has 1 aromatic rings. The molecule has 0 saturated carbocycles. The Morgan fingerprint density at radius 1 is 1.43 bits per heavy atom. The van der Waals surface area contributed by atoms with Crippen molar-refractivity contribution < 1.29 is 0 Å². The Labute approximate surface area is 82.4 Å². The van der Waals surface area contributed by atoms with Crippen molar-refractivity contribution in [1.82, 2.24) is 0 Å². The zero-order valence-electron chi connectivity index (χ0n) is 7.80. The fourth-order valence-corrected chi connectivity index (χ4v) is 1.96. The van der Waals surface area contributed by atoms with Gasteiger partial charge in [-0.05, 0) is 29.5 Å². The maximum Gasteiger partial charge on any atom is 0.0779 e. The van der Waals surface area contributed by atoms with Crippen molar-refractivity contribution in [3.8, 4) is 0 Å².